The molecule has 0 aromatic heterocycles. The number of urea groups is 1. The van der Waals surface area contributed by atoms with Gasteiger partial charge in [0.2, 0.25) is 0 Å². The first-order chi connectivity index (χ1) is 9.97. The number of aryl methyl sites for hydroxylation is 1. The number of rotatable bonds is 5. The van der Waals surface area contributed by atoms with Crippen molar-refractivity contribution in [2.24, 2.45) is 0 Å². The lowest BCUT2D eigenvalue weighted by Crippen LogP contribution is -2.50. The van der Waals surface area contributed by atoms with Crippen molar-refractivity contribution in [3.8, 4) is 0 Å². The molecule has 4 nitrogen and oxygen atoms in total. The van der Waals surface area contributed by atoms with Gasteiger partial charge in [-0.15, -0.1) is 0 Å². The highest BCUT2D eigenvalue weighted by molar-refractivity contribution is 5.75. The summed E-state index contributed by atoms with van der Waals surface area (Å²) < 4.78 is 13.2. The van der Waals surface area contributed by atoms with E-state index >= 15 is 0 Å². The SMILES string of the molecule is CCC(C)(CCO)NC(=O)NC1CCc2cc(F)ccc21. The molecule has 0 heterocycles. The van der Waals surface area contributed by atoms with E-state index in [1.165, 1.54) is 12.1 Å². The molecule has 0 aliphatic heterocycles. The van der Waals surface area contributed by atoms with E-state index < -0.39 is 5.54 Å². The first-order valence-corrected chi connectivity index (χ1v) is 7.45. The monoisotopic (exact) mass is 294 g/mol. The van der Waals surface area contributed by atoms with Gasteiger partial charge in [0.1, 0.15) is 5.82 Å². The summed E-state index contributed by atoms with van der Waals surface area (Å²) in [6.45, 7) is 3.93. The Bertz CT molecular complexity index is 521. The van der Waals surface area contributed by atoms with Gasteiger partial charge in [0.05, 0.1) is 6.04 Å². The van der Waals surface area contributed by atoms with Crippen LogP contribution in [0.25, 0.3) is 0 Å². The fourth-order valence-corrected chi connectivity index (χ4v) is 2.78. The Kier molecular flexibility index (Phi) is 4.83. The highest BCUT2D eigenvalue weighted by atomic mass is 19.1. The average molecular weight is 294 g/mol. The maximum absolute atomic E-state index is 13.2. The number of fused-ring (bicyclic) bond motifs is 1. The fourth-order valence-electron chi connectivity index (χ4n) is 2.78. The minimum Gasteiger partial charge on any atom is -0.396 e. The van der Waals surface area contributed by atoms with Crippen LogP contribution >= 0.6 is 0 Å². The predicted octanol–water partition coefficient (Wildman–Crippen LogP) is 2.66. The summed E-state index contributed by atoms with van der Waals surface area (Å²) in [6, 6.07) is 4.40. The van der Waals surface area contributed by atoms with E-state index in [1.807, 2.05) is 13.8 Å². The van der Waals surface area contributed by atoms with Crippen molar-refractivity contribution in [3.63, 3.8) is 0 Å². The number of aliphatic hydroxyl groups is 1. The number of amides is 2. The van der Waals surface area contributed by atoms with Gasteiger partial charge >= 0.3 is 6.03 Å². The molecule has 0 fully saturated rings. The van der Waals surface area contributed by atoms with Crippen molar-refractivity contribution in [3.05, 3.63) is 35.1 Å². The van der Waals surface area contributed by atoms with Gasteiger partial charge in [0.15, 0.2) is 0 Å². The van der Waals surface area contributed by atoms with Crippen LogP contribution in [-0.2, 0) is 6.42 Å². The Morgan fingerprint density at radius 3 is 2.95 bits per heavy atom. The van der Waals surface area contributed by atoms with Crippen LogP contribution in [0.4, 0.5) is 9.18 Å². The molecule has 116 valence electrons. The van der Waals surface area contributed by atoms with Gasteiger partial charge in [-0.2, -0.15) is 0 Å². The number of hydrogen-bond donors (Lipinski definition) is 3. The molecule has 1 aromatic carbocycles. The van der Waals surface area contributed by atoms with Crippen molar-refractivity contribution < 1.29 is 14.3 Å². The molecule has 2 unspecified atom stereocenters. The number of carbonyl (C=O) groups is 1. The summed E-state index contributed by atoms with van der Waals surface area (Å²) in [7, 11) is 0. The van der Waals surface area contributed by atoms with E-state index in [2.05, 4.69) is 10.6 Å². The lowest BCUT2D eigenvalue weighted by molar-refractivity contribution is 0.198. The van der Waals surface area contributed by atoms with Crippen molar-refractivity contribution in [1.82, 2.24) is 10.6 Å². The molecular formula is C16H23FN2O2. The van der Waals surface area contributed by atoms with Gasteiger partial charge in [-0.3, -0.25) is 0 Å². The average Bonchev–Trinajstić information content (AvgIpc) is 2.81. The highest BCUT2D eigenvalue weighted by Gasteiger charge is 2.28. The minimum absolute atomic E-state index is 0.0379. The van der Waals surface area contributed by atoms with Crippen LogP contribution in [0.1, 0.15) is 50.3 Å². The Morgan fingerprint density at radius 1 is 1.52 bits per heavy atom. The molecule has 1 aliphatic carbocycles. The Balaban J connectivity index is 1.99. The Labute approximate surface area is 124 Å². The Hall–Kier alpha value is -1.62. The zero-order chi connectivity index (χ0) is 15.5. The van der Waals surface area contributed by atoms with Crippen LogP contribution < -0.4 is 10.6 Å². The van der Waals surface area contributed by atoms with Crippen molar-refractivity contribution >= 4 is 6.03 Å². The topological polar surface area (TPSA) is 61.4 Å². The second-order valence-electron chi connectivity index (χ2n) is 5.92. The third-order valence-corrected chi connectivity index (χ3v) is 4.35. The third-order valence-electron chi connectivity index (χ3n) is 4.35. The summed E-state index contributed by atoms with van der Waals surface area (Å²) in [4.78, 5) is 12.1. The van der Waals surface area contributed by atoms with Crippen LogP contribution in [0, 0.1) is 5.82 Å². The van der Waals surface area contributed by atoms with Gasteiger partial charge < -0.3 is 15.7 Å². The molecule has 1 aromatic rings. The normalized spacial score (nSPS) is 19.7. The summed E-state index contributed by atoms with van der Waals surface area (Å²) in [5.74, 6) is -0.236. The van der Waals surface area contributed by atoms with Crippen molar-refractivity contribution in [2.75, 3.05) is 6.61 Å². The van der Waals surface area contributed by atoms with E-state index in [0.717, 1.165) is 30.4 Å². The largest absolute Gasteiger partial charge is 0.396 e. The molecule has 1 aliphatic rings. The van der Waals surface area contributed by atoms with Crippen LogP contribution in [-0.4, -0.2) is 23.3 Å². The maximum Gasteiger partial charge on any atom is 0.315 e. The number of nitrogens with one attached hydrogen (secondary N) is 2. The number of hydrogen-bond acceptors (Lipinski definition) is 2. The summed E-state index contributed by atoms with van der Waals surface area (Å²) in [6.07, 6.45) is 2.83. The minimum atomic E-state index is -0.414. The third kappa shape index (κ3) is 3.73. The van der Waals surface area contributed by atoms with Crippen molar-refractivity contribution in [2.45, 2.75) is 51.1 Å². The molecule has 21 heavy (non-hydrogen) atoms. The number of carbonyl (C=O) groups excluding carboxylic acids is 1. The van der Waals surface area contributed by atoms with Gasteiger partial charge in [0.25, 0.3) is 0 Å². The molecule has 0 saturated carbocycles. The summed E-state index contributed by atoms with van der Waals surface area (Å²) in [5, 5.41) is 15.0. The van der Waals surface area contributed by atoms with E-state index in [1.54, 1.807) is 6.07 Å². The molecule has 2 amide bonds. The maximum atomic E-state index is 13.2. The fraction of sp³-hybridized carbons (Fsp3) is 0.562. The standard InChI is InChI=1S/C16H23FN2O2/c1-3-16(2,8-9-20)19-15(21)18-14-7-4-11-10-12(17)5-6-13(11)14/h5-6,10,14,20H,3-4,7-9H2,1-2H3,(H2,18,19,21). The predicted molar refractivity (Wildman–Crippen MR) is 79.5 cm³/mol. The molecule has 0 radical (unpaired) electrons. The lowest BCUT2D eigenvalue weighted by Gasteiger charge is -2.30. The van der Waals surface area contributed by atoms with Crippen LogP contribution in [0.3, 0.4) is 0 Å². The van der Waals surface area contributed by atoms with Crippen molar-refractivity contribution in [1.29, 1.82) is 0 Å². The van der Waals surface area contributed by atoms with E-state index in [-0.39, 0.29) is 24.5 Å². The molecule has 3 N–H and O–H groups in total. The number of benzene rings is 1. The number of halogens is 1. The summed E-state index contributed by atoms with van der Waals surface area (Å²) in [5.41, 5.74) is 1.55. The molecule has 0 bridgehead atoms. The summed E-state index contributed by atoms with van der Waals surface area (Å²) >= 11 is 0. The molecule has 5 heteroatoms. The molecule has 0 spiro atoms. The zero-order valence-corrected chi connectivity index (χ0v) is 12.6. The van der Waals surface area contributed by atoms with E-state index in [0.29, 0.717) is 6.42 Å². The van der Waals surface area contributed by atoms with Crippen LogP contribution in [0.2, 0.25) is 0 Å². The second-order valence-corrected chi connectivity index (χ2v) is 5.92. The zero-order valence-electron chi connectivity index (χ0n) is 12.6. The van der Waals surface area contributed by atoms with Crippen LogP contribution in [0.5, 0.6) is 0 Å². The Morgan fingerprint density at radius 2 is 2.29 bits per heavy atom. The van der Waals surface area contributed by atoms with Gasteiger partial charge in [-0.05, 0) is 55.9 Å². The first-order valence-electron chi connectivity index (χ1n) is 7.45. The second kappa shape index (κ2) is 6.43. The highest BCUT2D eigenvalue weighted by Crippen LogP contribution is 2.31. The molecule has 2 rings (SSSR count). The van der Waals surface area contributed by atoms with E-state index in [9.17, 15) is 9.18 Å². The lowest BCUT2D eigenvalue weighted by atomic mass is 9.95. The molecule has 0 saturated heterocycles. The smallest absolute Gasteiger partial charge is 0.315 e. The van der Waals surface area contributed by atoms with Gasteiger partial charge in [-0.25, -0.2) is 9.18 Å². The molecular weight excluding hydrogens is 271 g/mol. The molecule has 2 atom stereocenters. The van der Waals surface area contributed by atoms with E-state index in [4.69, 9.17) is 5.11 Å². The van der Waals surface area contributed by atoms with Gasteiger partial charge in [-0.1, -0.05) is 13.0 Å². The van der Waals surface area contributed by atoms with Gasteiger partial charge in [0, 0.05) is 12.1 Å². The quantitative estimate of drug-likeness (QED) is 0.782. The number of aliphatic hydroxyl groups excluding tert-OH is 1. The van der Waals surface area contributed by atoms with Crippen LogP contribution in [0.15, 0.2) is 18.2 Å². The first kappa shape index (κ1) is 15.8.